The van der Waals surface area contributed by atoms with E-state index < -0.39 is 12.1 Å². The maximum Gasteiger partial charge on any atom is 0.330 e. The maximum atomic E-state index is 11.1. The quantitative estimate of drug-likeness (QED) is 0.679. The van der Waals surface area contributed by atoms with Crippen molar-refractivity contribution in [1.82, 2.24) is 0 Å². The van der Waals surface area contributed by atoms with Crippen LogP contribution in [0.3, 0.4) is 0 Å². The van der Waals surface area contributed by atoms with Crippen molar-refractivity contribution in [2.75, 3.05) is 7.11 Å². The van der Waals surface area contributed by atoms with Gasteiger partial charge in [0, 0.05) is 12.0 Å². The SMILES string of the molecule is COC(=O)/C=C/[C@H](O)[C@@H](C)c1cc(C)c(C)c(C)c1C. The highest BCUT2D eigenvalue weighted by Crippen LogP contribution is 2.29. The van der Waals surface area contributed by atoms with Crippen molar-refractivity contribution in [2.45, 2.75) is 46.6 Å². The number of hydrogen-bond donors (Lipinski definition) is 1. The molecule has 0 saturated heterocycles. The molecule has 20 heavy (non-hydrogen) atoms. The number of methoxy groups -OCH3 is 1. The molecule has 0 unspecified atom stereocenters. The minimum Gasteiger partial charge on any atom is -0.466 e. The molecule has 1 rings (SSSR count). The van der Waals surface area contributed by atoms with E-state index in [9.17, 15) is 9.90 Å². The Labute approximate surface area is 121 Å². The fraction of sp³-hybridized carbons (Fsp3) is 0.471. The summed E-state index contributed by atoms with van der Waals surface area (Å²) in [6.45, 7) is 10.3. The van der Waals surface area contributed by atoms with Gasteiger partial charge in [-0.15, -0.1) is 0 Å². The summed E-state index contributed by atoms with van der Waals surface area (Å²) >= 11 is 0. The smallest absolute Gasteiger partial charge is 0.330 e. The zero-order valence-corrected chi connectivity index (χ0v) is 13.2. The summed E-state index contributed by atoms with van der Waals surface area (Å²) in [7, 11) is 1.32. The number of carbonyl (C=O) groups excluding carboxylic acids is 1. The number of carbonyl (C=O) groups is 1. The number of ether oxygens (including phenoxy) is 1. The second-order valence-electron chi connectivity index (χ2n) is 5.32. The van der Waals surface area contributed by atoms with Gasteiger partial charge in [-0.3, -0.25) is 0 Å². The van der Waals surface area contributed by atoms with E-state index in [0.29, 0.717) is 0 Å². The van der Waals surface area contributed by atoms with Crippen molar-refractivity contribution in [3.63, 3.8) is 0 Å². The molecule has 110 valence electrons. The number of rotatable bonds is 4. The molecule has 3 heteroatoms. The van der Waals surface area contributed by atoms with Crippen molar-refractivity contribution in [3.8, 4) is 0 Å². The molecule has 0 heterocycles. The first-order valence-corrected chi connectivity index (χ1v) is 6.81. The molecule has 2 atom stereocenters. The molecule has 0 bridgehead atoms. The molecule has 1 N–H and O–H groups in total. The third-order valence-electron chi connectivity index (χ3n) is 4.16. The molecule has 0 aliphatic rings. The summed E-state index contributed by atoms with van der Waals surface area (Å²) in [6.07, 6.45) is 2.04. The van der Waals surface area contributed by atoms with Crippen molar-refractivity contribution in [1.29, 1.82) is 0 Å². The molecule has 3 nitrogen and oxygen atoms in total. The van der Waals surface area contributed by atoms with Gasteiger partial charge in [-0.05, 0) is 61.6 Å². The summed E-state index contributed by atoms with van der Waals surface area (Å²) < 4.78 is 4.53. The van der Waals surface area contributed by atoms with E-state index in [0.717, 1.165) is 5.56 Å². The lowest BCUT2D eigenvalue weighted by molar-refractivity contribution is -0.134. The van der Waals surface area contributed by atoms with Crippen molar-refractivity contribution < 1.29 is 14.6 Å². The monoisotopic (exact) mass is 276 g/mol. The van der Waals surface area contributed by atoms with Crippen LogP contribution in [0, 0.1) is 27.7 Å². The molecule has 0 aromatic heterocycles. The van der Waals surface area contributed by atoms with Gasteiger partial charge in [0.1, 0.15) is 0 Å². The highest BCUT2D eigenvalue weighted by atomic mass is 16.5. The molecule has 1 aromatic carbocycles. The number of aliphatic hydroxyl groups is 1. The van der Waals surface area contributed by atoms with Crippen LogP contribution < -0.4 is 0 Å². The van der Waals surface area contributed by atoms with Crippen molar-refractivity contribution in [3.05, 3.63) is 46.0 Å². The van der Waals surface area contributed by atoms with Gasteiger partial charge in [-0.2, -0.15) is 0 Å². The van der Waals surface area contributed by atoms with Crippen LogP contribution in [0.15, 0.2) is 18.2 Å². The van der Waals surface area contributed by atoms with Crippen LogP contribution in [0.5, 0.6) is 0 Å². The Bertz CT molecular complexity index is 530. The van der Waals surface area contributed by atoms with Gasteiger partial charge in [0.2, 0.25) is 0 Å². The predicted octanol–water partition coefficient (Wildman–Crippen LogP) is 3.11. The largest absolute Gasteiger partial charge is 0.466 e. The third-order valence-corrected chi connectivity index (χ3v) is 4.16. The van der Waals surface area contributed by atoms with Crippen LogP contribution in [0.4, 0.5) is 0 Å². The molecular formula is C17H24O3. The number of hydrogen-bond acceptors (Lipinski definition) is 3. The molecule has 0 aliphatic carbocycles. The van der Waals surface area contributed by atoms with Gasteiger partial charge >= 0.3 is 5.97 Å². The normalized spacial score (nSPS) is 14.3. The summed E-state index contributed by atoms with van der Waals surface area (Å²) in [5.41, 5.74) is 6.09. The molecule has 0 fully saturated rings. The van der Waals surface area contributed by atoms with Crippen LogP contribution >= 0.6 is 0 Å². The molecular weight excluding hydrogens is 252 g/mol. The van der Waals surface area contributed by atoms with E-state index in [1.165, 1.54) is 41.5 Å². The fourth-order valence-corrected chi connectivity index (χ4v) is 2.31. The van der Waals surface area contributed by atoms with Gasteiger partial charge in [0.25, 0.3) is 0 Å². The van der Waals surface area contributed by atoms with Crippen LogP contribution in [0.1, 0.15) is 40.7 Å². The van der Waals surface area contributed by atoms with Gasteiger partial charge in [0.15, 0.2) is 0 Å². The highest BCUT2D eigenvalue weighted by molar-refractivity contribution is 5.81. The molecule has 0 amide bonds. The lowest BCUT2D eigenvalue weighted by atomic mass is 9.86. The van der Waals surface area contributed by atoms with E-state index in [4.69, 9.17) is 0 Å². The summed E-state index contributed by atoms with van der Waals surface area (Å²) in [4.78, 5) is 11.1. The minimum atomic E-state index is -0.714. The van der Waals surface area contributed by atoms with E-state index in [1.807, 2.05) is 6.92 Å². The summed E-state index contributed by atoms with van der Waals surface area (Å²) in [5.74, 6) is -0.529. The van der Waals surface area contributed by atoms with Crippen LogP contribution in [-0.4, -0.2) is 24.3 Å². The Morgan fingerprint density at radius 2 is 1.80 bits per heavy atom. The average molecular weight is 276 g/mol. The Hall–Kier alpha value is -1.61. The average Bonchev–Trinajstić information content (AvgIpc) is 2.44. The molecule has 0 radical (unpaired) electrons. The summed E-state index contributed by atoms with van der Waals surface area (Å²) in [6, 6.07) is 2.12. The van der Waals surface area contributed by atoms with Gasteiger partial charge in [-0.25, -0.2) is 4.79 Å². The number of aliphatic hydroxyl groups excluding tert-OH is 1. The van der Waals surface area contributed by atoms with Gasteiger partial charge in [-0.1, -0.05) is 13.0 Å². The number of aryl methyl sites for hydroxylation is 1. The molecule has 0 saturated carbocycles. The van der Waals surface area contributed by atoms with E-state index in [-0.39, 0.29) is 5.92 Å². The Morgan fingerprint density at radius 3 is 2.35 bits per heavy atom. The first-order chi connectivity index (χ1) is 9.29. The Morgan fingerprint density at radius 1 is 1.20 bits per heavy atom. The molecule has 1 aromatic rings. The van der Waals surface area contributed by atoms with Crippen LogP contribution in [0.25, 0.3) is 0 Å². The zero-order chi connectivity index (χ0) is 15.4. The third kappa shape index (κ3) is 3.48. The van der Waals surface area contributed by atoms with Gasteiger partial charge in [0.05, 0.1) is 13.2 Å². The predicted molar refractivity (Wildman–Crippen MR) is 81.0 cm³/mol. The minimum absolute atomic E-state index is 0.0751. The van der Waals surface area contributed by atoms with E-state index in [2.05, 4.69) is 38.5 Å². The molecule has 0 spiro atoms. The van der Waals surface area contributed by atoms with Crippen LogP contribution in [-0.2, 0) is 9.53 Å². The van der Waals surface area contributed by atoms with Crippen molar-refractivity contribution in [2.24, 2.45) is 0 Å². The second-order valence-corrected chi connectivity index (χ2v) is 5.32. The first-order valence-electron chi connectivity index (χ1n) is 6.81. The number of benzene rings is 1. The van der Waals surface area contributed by atoms with E-state index in [1.54, 1.807) is 0 Å². The lowest BCUT2D eigenvalue weighted by Crippen LogP contribution is -2.16. The van der Waals surface area contributed by atoms with Crippen LogP contribution in [0.2, 0.25) is 0 Å². The first kappa shape index (κ1) is 16.4. The Kier molecular flexibility index (Phi) is 5.52. The maximum absolute atomic E-state index is 11.1. The summed E-state index contributed by atoms with van der Waals surface area (Å²) in [5, 5.41) is 10.2. The number of esters is 1. The van der Waals surface area contributed by atoms with E-state index >= 15 is 0 Å². The van der Waals surface area contributed by atoms with Gasteiger partial charge < -0.3 is 9.84 Å². The molecule has 0 aliphatic heterocycles. The highest BCUT2D eigenvalue weighted by Gasteiger charge is 2.18. The zero-order valence-electron chi connectivity index (χ0n) is 13.2. The topological polar surface area (TPSA) is 46.5 Å². The lowest BCUT2D eigenvalue weighted by Gasteiger charge is -2.22. The standard InChI is InChI=1S/C17H24O3/c1-10-9-15(13(4)12(3)11(10)2)14(5)16(18)7-8-17(19)20-6/h7-9,14,16,18H,1-6H3/b8-7+/t14-,16-/m0/s1. The second kappa shape index (κ2) is 6.71. The fourth-order valence-electron chi connectivity index (χ4n) is 2.31. The Balaban J connectivity index is 3.06. The van der Waals surface area contributed by atoms with Crippen molar-refractivity contribution >= 4 is 5.97 Å².